The van der Waals surface area contributed by atoms with Crippen molar-refractivity contribution in [2.45, 2.75) is 51.0 Å². The Morgan fingerprint density at radius 2 is 1.80 bits per heavy atom. The van der Waals surface area contributed by atoms with E-state index < -0.39 is 11.5 Å². The van der Waals surface area contributed by atoms with Crippen molar-refractivity contribution in [2.75, 3.05) is 0 Å². The predicted octanol–water partition coefficient (Wildman–Crippen LogP) is 5.39. The summed E-state index contributed by atoms with van der Waals surface area (Å²) in [5.41, 5.74) is -0.0327. The quantitative estimate of drug-likeness (QED) is 0.772. The van der Waals surface area contributed by atoms with Gasteiger partial charge in [-0.05, 0) is 25.0 Å². The van der Waals surface area contributed by atoms with Crippen LogP contribution < -0.4 is 0 Å². The van der Waals surface area contributed by atoms with E-state index in [-0.39, 0.29) is 0 Å². The monoisotopic (exact) mass is 355 g/mol. The molecule has 2 nitrogen and oxygen atoms in total. The van der Waals surface area contributed by atoms with Crippen molar-refractivity contribution in [2.24, 2.45) is 5.41 Å². The van der Waals surface area contributed by atoms with Gasteiger partial charge >= 0.3 is 0 Å². The van der Waals surface area contributed by atoms with E-state index in [0.717, 1.165) is 43.0 Å². The molecule has 0 aromatic heterocycles. The fourth-order valence-corrected chi connectivity index (χ4v) is 3.78. The van der Waals surface area contributed by atoms with E-state index in [1.807, 2.05) is 12.1 Å². The molecule has 0 heterocycles. The molecule has 1 aliphatic rings. The third-order valence-corrected chi connectivity index (χ3v) is 5.07. The van der Waals surface area contributed by atoms with Crippen LogP contribution in [0.1, 0.15) is 56.6 Å². The number of aliphatic hydroxyl groups excluding tert-OH is 1. The first-order chi connectivity index (χ1) is 9.59. The zero-order valence-electron chi connectivity index (χ0n) is 11.4. The number of nitriles is 1. The molecule has 1 unspecified atom stereocenters. The number of halogens is 2. The van der Waals surface area contributed by atoms with E-state index in [4.69, 9.17) is 11.6 Å². The third kappa shape index (κ3) is 3.36. The summed E-state index contributed by atoms with van der Waals surface area (Å²) in [5, 5.41) is 21.0. The van der Waals surface area contributed by atoms with Crippen molar-refractivity contribution < 1.29 is 5.11 Å². The molecule has 1 saturated carbocycles. The summed E-state index contributed by atoms with van der Waals surface area (Å²) in [5.74, 6) is 0. The van der Waals surface area contributed by atoms with Crippen molar-refractivity contribution in [3.8, 4) is 6.07 Å². The Labute approximate surface area is 133 Å². The first kappa shape index (κ1) is 15.8. The van der Waals surface area contributed by atoms with Gasteiger partial charge in [0.25, 0.3) is 0 Å². The highest BCUT2D eigenvalue weighted by atomic mass is 79.9. The van der Waals surface area contributed by atoms with Gasteiger partial charge in [-0.3, -0.25) is 0 Å². The maximum Gasteiger partial charge on any atom is 0.0990 e. The largest absolute Gasteiger partial charge is 0.387 e. The number of rotatable bonds is 2. The normalized spacial score (nSPS) is 20.5. The van der Waals surface area contributed by atoms with Crippen LogP contribution in [-0.2, 0) is 0 Å². The molecular formula is C16H19BrClNO. The zero-order chi connectivity index (χ0) is 14.6. The highest BCUT2D eigenvalue weighted by Gasteiger charge is 2.39. The maximum atomic E-state index is 10.8. The maximum absolute atomic E-state index is 10.8. The number of benzene rings is 1. The van der Waals surface area contributed by atoms with Gasteiger partial charge in [-0.2, -0.15) is 5.26 Å². The van der Waals surface area contributed by atoms with E-state index in [1.165, 1.54) is 6.42 Å². The van der Waals surface area contributed by atoms with Crippen LogP contribution >= 0.6 is 27.5 Å². The molecule has 1 fully saturated rings. The van der Waals surface area contributed by atoms with Crippen LogP contribution in [0, 0.1) is 16.7 Å². The van der Waals surface area contributed by atoms with E-state index in [9.17, 15) is 10.4 Å². The Hall–Kier alpha value is -0.560. The van der Waals surface area contributed by atoms with E-state index in [0.29, 0.717) is 10.6 Å². The topological polar surface area (TPSA) is 44.0 Å². The van der Waals surface area contributed by atoms with Crippen molar-refractivity contribution in [3.05, 3.63) is 33.3 Å². The highest BCUT2D eigenvalue weighted by molar-refractivity contribution is 9.10. The zero-order valence-corrected chi connectivity index (χ0v) is 13.8. The molecule has 1 N–H and O–H groups in total. The molecule has 20 heavy (non-hydrogen) atoms. The summed E-state index contributed by atoms with van der Waals surface area (Å²) >= 11 is 9.60. The molecule has 2 rings (SSSR count). The van der Waals surface area contributed by atoms with Gasteiger partial charge in [0, 0.05) is 15.1 Å². The lowest BCUT2D eigenvalue weighted by Gasteiger charge is -2.34. The second kappa shape index (κ2) is 6.93. The predicted molar refractivity (Wildman–Crippen MR) is 84.5 cm³/mol. The second-order valence-corrected chi connectivity index (χ2v) is 6.93. The average Bonchev–Trinajstić information content (AvgIpc) is 2.38. The van der Waals surface area contributed by atoms with Crippen molar-refractivity contribution in [1.82, 2.24) is 0 Å². The third-order valence-electron chi connectivity index (χ3n) is 4.25. The van der Waals surface area contributed by atoms with Gasteiger partial charge in [0.15, 0.2) is 0 Å². The number of hydrogen-bond acceptors (Lipinski definition) is 2. The first-order valence-electron chi connectivity index (χ1n) is 7.13. The van der Waals surface area contributed by atoms with Crippen LogP contribution in [0.25, 0.3) is 0 Å². The molecule has 1 aromatic rings. The fraction of sp³-hybridized carbons (Fsp3) is 0.562. The van der Waals surface area contributed by atoms with Gasteiger partial charge in [-0.1, -0.05) is 65.7 Å². The highest BCUT2D eigenvalue weighted by Crippen LogP contribution is 2.45. The van der Waals surface area contributed by atoms with Crippen LogP contribution in [0.15, 0.2) is 22.7 Å². The lowest BCUT2D eigenvalue weighted by atomic mass is 9.71. The van der Waals surface area contributed by atoms with E-state index in [2.05, 4.69) is 22.0 Å². The molecule has 1 aliphatic carbocycles. The Morgan fingerprint density at radius 3 is 2.35 bits per heavy atom. The molecule has 0 spiro atoms. The van der Waals surface area contributed by atoms with Crippen LogP contribution in [0.4, 0.5) is 0 Å². The molecule has 0 saturated heterocycles. The molecule has 0 radical (unpaired) electrons. The average molecular weight is 357 g/mol. The van der Waals surface area contributed by atoms with E-state index in [1.54, 1.807) is 6.07 Å². The van der Waals surface area contributed by atoms with Crippen LogP contribution in [0.2, 0.25) is 5.02 Å². The van der Waals surface area contributed by atoms with Crippen LogP contribution in [0.3, 0.4) is 0 Å². The van der Waals surface area contributed by atoms with Gasteiger partial charge in [-0.15, -0.1) is 0 Å². The minimum atomic E-state index is -0.814. The van der Waals surface area contributed by atoms with Gasteiger partial charge in [0.1, 0.15) is 0 Å². The molecule has 1 aromatic carbocycles. The number of nitrogens with zero attached hydrogens (tertiary/aromatic N) is 1. The number of aliphatic hydroxyl groups is 1. The Balaban J connectivity index is 2.31. The second-order valence-electron chi connectivity index (χ2n) is 5.60. The van der Waals surface area contributed by atoms with Gasteiger partial charge in [0.2, 0.25) is 0 Å². The summed E-state index contributed by atoms with van der Waals surface area (Å²) in [7, 11) is 0. The van der Waals surface area contributed by atoms with Crippen molar-refractivity contribution in [1.29, 1.82) is 5.26 Å². The SMILES string of the molecule is N#CC1(C(O)c2ccc(Br)cc2Cl)CCCCCCC1. The summed E-state index contributed by atoms with van der Waals surface area (Å²) in [6.07, 6.45) is 6.20. The summed E-state index contributed by atoms with van der Waals surface area (Å²) in [6.45, 7) is 0. The Kier molecular flexibility index (Phi) is 5.49. The van der Waals surface area contributed by atoms with Gasteiger partial charge in [0.05, 0.1) is 17.6 Å². The molecule has 0 aliphatic heterocycles. The summed E-state index contributed by atoms with van der Waals surface area (Å²) in [4.78, 5) is 0. The first-order valence-corrected chi connectivity index (χ1v) is 8.30. The lowest BCUT2D eigenvalue weighted by Crippen LogP contribution is -2.28. The molecule has 108 valence electrons. The van der Waals surface area contributed by atoms with Crippen LogP contribution in [-0.4, -0.2) is 5.11 Å². The van der Waals surface area contributed by atoms with Crippen molar-refractivity contribution >= 4 is 27.5 Å². The standard InChI is InChI=1S/C16H19BrClNO/c17-12-6-7-13(14(18)10-12)15(20)16(11-19)8-4-2-1-3-5-9-16/h6-7,10,15,20H,1-5,8-9H2. The number of hydrogen-bond donors (Lipinski definition) is 1. The Morgan fingerprint density at radius 1 is 1.20 bits per heavy atom. The Bertz CT molecular complexity index is 504. The fourth-order valence-electron chi connectivity index (χ4n) is 3.00. The minimum Gasteiger partial charge on any atom is -0.387 e. The minimum absolute atomic E-state index is 0.517. The molecule has 0 bridgehead atoms. The smallest absolute Gasteiger partial charge is 0.0990 e. The van der Waals surface area contributed by atoms with E-state index >= 15 is 0 Å². The van der Waals surface area contributed by atoms with Crippen LogP contribution in [0.5, 0.6) is 0 Å². The summed E-state index contributed by atoms with van der Waals surface area (Å²) in [6, 6.07) is 7.85. The van der Waals surface area contributed by atoms with Crippen molar-refractivity contribution in [3.63, 3.8) is 0 Å². The summed E-state index contributed by atoms with van der Waals surface area (Å²) < 4.78 is 0.877. The molecule has 4 heteroatoms. The molecule has 0 amide bonds. The van der Waals surface area contributed by atoms with Gasteiger partial charge < -0.3 is 5.11 Å². The molecule has 1 atom stereocenters. The van der Waals surface area contributed by atoms with Gasteiger partial charge in [-0.25, -0.2) is 0 Å². The molecular weight excluding hydrogens is 338 g/mol. The lowest BCUT2D eigenvalue weighted by molar-refractivity contribution is 0.0435.